The molecule has 166 valence electrons. The molecule has 1 aromatic heterocycles. The van der Waals surface area contributed by atoms with E-state index >= 15 is 0 Å². The molecule has 1 amide bonds. The number of para-hydroxylation sites is 2. The van der Waals surface area contributed by atoms with Crippen LogP contribution in [0.2, 0.25) is 0 Å². The summed E-state index contributed by atoms with van der Waals surface area (Å²) in [5.41, 5.74) is 1.78. The van der Waals surface area contributed by atoms with Crippen molar-refractivity contribution in [2.75, 3.05) is 43.5 Å². The molecule has 0 saturated carbocycles. The number of piperazine rings is 1. The average Bonchev–Trinajstić information content (AvgIpc) is 2.82. The third-order valence-corrected chi connectivity index (χ3v) is 5.46. The van der Waals surface area contributed by atoms with Crippen LogP contribution in [0.25, 0.3) is 10.9 Å². The summed E-state index contributed by atoms with van der Waals surface area (Å²) in [4.78, 5) is 37.4. The molecule has 1 aliphatic rings. The van der Waals surface area contributed by atoms with E-state index < -0.39 is 0 Å². The highest BCUT2D eigenvalue weighted by Gasteiger charge is 2.25. The predicted molar refractivity (Wildman–Crippen MR) is 123 cm³/mol. The van der Waals surface area contributed by atoms with Gasteiger partial charge in [0.05, 0.1) is 25.7 Å². The fraction of sp³-hybridized carbons (Fsp3) is 0.333. The number of amides is 1. The summed E-state index contributed by atoms with van der Waals surface area (Å²) < 4.78 is 4.69. The number of esters is 1. The standard InChI is InChI=1S/C24H27N5O3/c1-32-23(31)12-7-13-25-24-19-10-5-6-11-20(19)26-21(27-24)16-28-14-15-29(22(30)17-28)18-8-3-2-4-9-18/h2-6,8-11H,7,12-17H2,1H3,(H,25,26,27). The third-order valence-electron chi connectivity index (χ3n) is 5.46. The van der Waals surface area contributed by atoms with Gasteiger partial charge in [0.2, 0.25) is 5.91 Å². The summed E-state index contributed by atoms with van der Waals surface area (Å²) in [6.45, 7) is 2.81. The summed E-state index contributed by atoms with van der Waals surface area (Å²) in [7, 11) is 1.39. The first-order chi connectivity index (χ1) is 15.6. The Morgan fingerprint density at radius 3 is 2.62 bits per heavy atom. The number of hydrogen-bond acceptors (Lipinski definition) is 7. The predicted octanol–water partition coefficient (Wildman–Crippen LogP) is 2.84. The SMILES string of the molecule is COC(=O)CCCNc1nc(CN2CCN(c3ccccc3)C(=O)C2)nc2ccccc12. The Hall–Kier alpha value is -3.52. The molecule has 8 heteroatoms. The maximum atomic E-state index is 12.7. The molecular formula is C24H27N5O3. The summed E-state index contributed by atoms with van der Waals surface area (Å²) in [5, 5.41) is 4.26. The van der Waals surface area contributed by atoms with E-state index in [9.17, 15) is 9.59 Å². The van der Waals surface area contributed by atoms with Crippen molar-refractivity contribution in [2.24, 2.45) is 0 Å². The molecule has 1 aliphatic heterocycles. The minimum absolute atomic E-state index is 0.0735. The fourth-order valence-corrected chi connectivity index (χ4v) is 3.81. The lowest BCUT2D eigenvalue weighted by atomic mass is 10.2. The first kappa shape index (κ1) is 21.7. The molecule has 0 bridgehead atoms. The molecule has 2 aromatic carbocycles. The van der Waals surface area contributed by atoms with Crippen LogP contribution < -0.4 is 10.2 Å². The molecule has 0 radical (unpaired) electrons. The molecular weight excluding hydrogens is 406 g/mol. The number of fused-ring (bicyclic) bond motifs is 1. The fourth-order valence-electron chi connectivity index (χ4n) is 3.81. The second-order valence-electron chi connectivity index (χ2n) is 7.70. The number of benzene rings is 2. The highest BCUT2D eigenvalue weighted by molar-refractivity contribution is 5.95. The maximum absolute atomic E-state index is 12.7. The van der Waals surface area contributed by atoms with Crippen molar-refractivity contribution in [1.82, 2.24) is 14.9 Å². The van der Waals surface area contributed by atoms with Gasteiger partial charge in [0.1, 0.15) is 11.6 Å². The Morgan fingerprint density at radius 2 is 1.84 bits per heavy atom. The van der Waals surface area contributed by atoms with Gasteiger partial charge in [0.25, 0.3) is 0 Å². The number of hydrogen-bond donors (Lipinski definition) is 1. The Labute approximate surface area is 187 Å². The summed E-state index contributed by atoms with van der Waals surface area (Å²) in [6.07, 6.45) is 1.00. The van der Waals surface area contributed by atoms with Crippen LogP contribution in [0.1, 0.15) is 18.7 Å². The number of carbonyl (C=O) groups is 2. The zero-order valence-electron chi connectivity index (χ0n) is 18.2. The van der Waals surface area contributed by atoms with Gasteiger partial charge in [0, 0.05) is 37.1 Å². The summed E-state index contributed by atoms with van der Waals surface area (Å²) in [5.74, 6) is 1.26. The van der Waals surface area contributed by atoms with Gasteiger partial charge in [0.15, 0.2) is 0 Å². The van der Waals surface area contributed by atoms with Gasteiger partial charge in [-0.15, -0.1) is 0 Å². The normalized spacial score (nSPS) is 14.5. The first-order valence-electron chi connectivity index (χ1n) is 10.8. The Bertz CT molecular complexity index is 1090. The molecule has 1 saturated heterocycles. The van der Waals surface area contributed by atoms with Gasteiger partial charge >= 0.3 is 5.97 Å². The van der Waals surface area contributed by atoms with Gasteiger partial charge in [-0.1, -0.05) is 30.3 Å². The van der Waals surface area contributed by atoms with Gasteiger partial charge in [-0.3, -0.25) is 14.5 Å². The van der Waals surface area contributed by atoms with E-state index in [0.29, 0.717) is 44.8 Å². The Kier molecular flexibility index (Phi) is 6.91. The number of ether oxygens (including phenoxy) is 1. The van der Waals surface area contributed by atoms with E-state index in [0.717, 1.165) is 29.0 Å². The largest absolute Gasteiger partial charge is 0.469 e. The van der Waals surface area contributed by atoms with Crippen molar-refractivity contribution >= 4 is 34.3 Å². The number of carbonyl (C=O) groups excluding carboxylic acids is 2. The quantitative estimate of drug-likeness (QED) is 0.432. The Balaban J connectivity index is 1.44. The molecule has 0 aliphatic carbocycles. The zero-order chi connectivity index (χ0) is 22.3. The van der Waals surface area contributed by atoms with Crippen molar-refractivity contribution in [1.29, 1.82) is 0 Å². The molecule has 0 spiro atoms. The third kappa shape index (κ3) is 5.20. The number of nitrogens with zero attached hydrogens (tertiary/aromatic N) is 4. The molecule has 1 N–H and O–H groups in total. The lowest BCUT2D eigenvalue weighted by Gasteiger charge is -2.34. The second kappa shape index (κ2) is 10.2. The molecule has 0 unspecified atom stereocenters. The number of anilines is 2. The van der Waals surface area contributed by atoms with Gasteiger partial charge in [-0.2, -0.15) is 0 Å². The monoisotopic (exact) mass is 433 g/mol. The Morgan fingerprint density at radius 1 is 1.06 bits per heavy atom. The average molecular weight is 434 g/mol. The first-order valence-corrected chi connectivity index (χ1v) is 10.8. The van der Waals surface area contributed by atoms with Crippen LogP contribution in [0.5, 0.6) is 0 Å². The topological polar surface area (TPSA) is 87.7 Å². The molecule has 2 heterocycles. The van der Waals surface area contributed by atoms with E-state index in [-0.39, 0.29) is 11.9 Å². The van der Waals surface area contributed by atoms with Crippen LogP contribution in [-0.2, 0) is 20.9 Å². The molecule has 0 atom stereocenters. The van der Waals surface area contributed by atoms with E-state index in [1.807, 2.05) is 59.5 Å². The molecule has 1 fully saturated rings. The number of rotatable bonds is 8. The van der Waals surface area contributed by atoms with Gasteiger partial charge in [-0.25, -0.2) is 9.97 Å². The number of aromatic nitrogens is 2. The molecule has 3 aromatic rings. The van der Waals surface area contributed by atoms with Crippen LogP contribution in [-0.4, -0.2) is 60.0 Å². The van der Waals surface area contributed by atoms with Crippen molar-refractivity contribution in [3.8, 4) is 0 Å². The van der Waals surface area contributed by atoms with Gasteiger partial charge in [-0.05, 0) is 30.7 Å². The van der Waals surface area contributed by atoms with Crippen molar-refractivity contribution in [3.63, 3.8) is 0 Å². The van der Waals surface area contributed by atoms with Crippen molar-refractivity contribution < 1.29 is 14.3 Å². The van der Waals surface area contributed by atoms with Crippen LogP contribution >= 0.6 is 0 Å². The smallest absolute Gasteiger partial charge is 0.305 e. The number of nitrogens with one attached hydrogen (secondary N) is 1. The second-order valence-corrected chi connectivity index (χ2v) is 7.70. The van der Waals surface area contributed by atoms with Crippen molar-refractivity contribution in [2.45, 2.75) is 19.4 Å². The van der Waals surface area contributed by atoms with Crippen LogP contribution in [0, 0.1) is 0 Å². The van der Waals surface area contributed by atoms with Crippen LogP contribution in [0.4, 0.5) is 11.5 Å². The molecule has 32 heavy (non-hydrogen) atoms. The van der Waals surface area contributed by atoms with E-state index in [4.69, 9.17) is 14.7 Å². The maximum Gasteiger partial charge on any atom is 0.305 e. The summed E-state index contributed by atoms with van der Waals surface area (Å²) in [6, 6.07) is 17.6. The lowest BCUT2D eigenvalue weighted by Crippen LogP contribution is -2.50. The molecule has 8 nitrogen and oxygen atoms in total. The van der Waals surface area contributed by atoms with E-state index in [1.165, 1.54) is 7.11 Å². The van der Waals surface area contributed by atoms with Crippen LogP contribution in [0.15, 0.2) is 54.6 Å². The van der Waals surface area contributed by atoms with E-state index in [1.54, 1.807) is 0 Å². The zero-order valence-corrected chi connectivity index (χ0v) is 18.2. The lowest BCUT2D eigenvalue weighted by molar-refractivity contribution is -0.140. The number of methoxy groups -OCH3 is 1. The van der Waals surface area contributed by atoms with Gasteiger partial charge < -0.3 is 15.0 Å². The minimum atomic E-state index is -0.223. The minimum Gasteiger partial charge on any atom is -0.469 e. The van der Waals surface area contributed by atoms with Crippen molar-refractivity contribution in [3.05, 3.63) is 60.4 Å². The van der Waals surface area contributed by atoms with Crippen LogP contribution in [0.3, 0.4) is 0 Å². The van der Waals surface area contributed by atoms with E-state index in [2.05, 4.69) is 10.2 Å². The molecule has 4 rings (SSSR count). The highest BCUT2D eigenvalue weighted by Crippen LogP contribution is 2.22. The summed E-state index contributed by atoms with van der Waals surface area (Å²) >= 11 is 0. The highest BCUT2D eigenvalue weighted by atomic mass is 16.5.